The lowest BCUT2D eigenvalue weighted by atomic mass is 9.82. The average molecular weight is 374 g/mol. The topological polar surface area (TPSA) is 81.2 Å². The fourth-order valence-corrected chi connectivity index (χ4v) is 5.99. The quantitative estimate of drug-likeness (QED) is 0.736. The molecule has 0 aromatic carbocycles. The number of hydrogen-bond acceptors (Lipinski definition) is 4. The fourth-order valence-electron chi connectivity index (χ4n) is 4.74. The molecule has 3 aliphatic rings. The lowest BCUT2D eigenvalue weighted by Crippen LogP contribution is -2.43. The number of amides is 1. The standard InChI is InChI=1S/C17H31N3O4S/c1-18(2)25(23,24)20-10-15-9-19(11-17(15,12-20)13-21)16(22)8-7-14-5-3-4-6-14/h14-15,21H,3-13H2,1-2H3. The molecule has 8 heteroatoms. The summed E-state index contributed by atoms with van der Waals surface area (Å²) >= 11 is 0. The van der Waals surface area contributed by atoms with Crippen molar-refractivity contribution in [2.75, 3.05) is 46.9 Å². The van der Waals surface area contributed by atoms with Crippen LogP contribution < -0.4 is 0 Å². The van der Waals surface area contributed by atoms with Crippen LogP contribution in [0.4, 0.5) is 0 Å². The van der Waals surface area contributed by atoms with Crippen LogP contribution in [0, 0.1) is 17.3 Å². The van der Waals surface area contributed by atoms with Gasteiger partial charge in [0.25, 0.3) is 10.2 Å². The van der Waals surface area contributed by atoms with E-state index in [1.54, 1.807) is 0 Å². The summed E-state index contributed by atoms with van der Waals surface area (Å²) < 4.78 is 27.4. The second kappa shape index (κ2) is 7.13. The van der Waals surface area contributed by atoms with Crippen LogP contribution in [-0.2, 0) is 15.0 Å². The van der Waals surface area contributed by atoms with Crippen LogP contribution in [0.3, 0.4) is 0 Å². The van der Waals surface area contributed by atoms with Crippen LogP contribution in [0.25, 0.3) is 0 Å². The van der Waals surface area contributed by atoms with Gasteiger partial charge in [-0.1, -0.05) is 25.7 Å². The van der Waals surface area contributed by atoms with E-state index >= 15 is 0 Å². The van der Waals surface area contributed by atoms with E-state index in [1.165, 1.54) is 48.4 Å². The number of hydrogen-bond donors (Lipinski definition) is 1. The Morgan fingerprint density at radius 1 is 1.20 bits per heavy atom. The van der Waals surface area contributed by atoms with Crippen molar-refractivity contribution in [1.82, 2.24) is 13.5 Å². The molecule has 0 aromatic heterocycles. The Balaban J connectivity index is 1.60. The minimum Gasteiger partial charge on any atom is -0.396 e. The number of aliphatic hydroxyl groups is 1. The number of aliphatic hydroxyl groups excluding tert-OH is 1. The minimum atomic E-state index is -3.47. The predicted molar refractivity (Wildman–Crippen MR) is 95.0 cm³/mol. The van der Waals surface area contributed by atoms with Gasteiger partial charge in [-0.3, -0.25) is 4.79 Å². The largest absolute Gasteiger partial charge is 0.396 e. The Labute approximate surface area is 151 Å². The molecule has 0 spiro atoms. The van der Waals surface area contributed by atoms with E-state index < -0.39 is 15.6 Å². The van der Waals surface area contributed by atoms with E-state index in [0.29, 0.717) is 38.5 Å². The zero-order chi connectivity index (χ0) is 18.2. The van der Waals surface area contributed by atoms with Gasteiger partial charge in [-0.15, -0.1) is 0 Å². The molecule has 0 aromatic rings. The van der Waals surface area contributed by atoms with Gasteiger partial charge in [0.2, 0.25) is 5.91 Å². The zero-order valence-electron chi connectivity index (χ0n) is 15.4. The summed E-state index contributed by atoms with van der Waals surface area (Å²) in [7, 11) is -0.430. The van der Waals surface area contributed by atoms with Crippen molar-refractivity contribution in [3.05, 3.63) is 0 Å². The van der Waals surface area contributed by atoms with Crippen molar-refractivity contribution >= 4 is 16.1 Å². The number of fused-ring (bicyclic) bond motifs is 1. The van der Waals surface area contributed by atoms with Crippen LogP contribution in [0.15, 0.2) is 0 Å². The van der Waals surface area contributed by atoms with Crippen LogP contribution >= 0.6 is 0 Å². The maximum Gasteiger partial charge on any atom is 0.281 e. The zero-order valence-corrected chi connectivity index (χ0v) is 16.2. The van der Waals surface area contributed by atoms with Crippen LogP contribution in [-0.4, -0.2) is 79.8 Å². The molecular weight excluding hydrogens is 342 g/mol. The summed E-state index contributed by atoms with van der Waals surface area (Å²) in [6.07, 6.45) is 6.61. The molecule has 2 heterocycles. The van der Waals surface area contributed by atoms with Gasteiger partial charge < -0.3 is 10.0 Å². The molecule has 7 nitrogen and oxygen atoms in total. The number of nitrogens with zero attached hydrogens (tertiary/aromatic N) is 3. The highest BCUT2D eigenvalue weighted by atomic mass is 32.2. The molecule has 2 unspecified atom stereocenters. The van der Waals surface area contributed by atoms with E-state index in [2.05, 4.69) is 0 Å². The first-order valence-electron chi connectivity index (χ1n) is 9.35. The summed E-state index contributed by atoms with van der Waals surface area (Å²) in [6, 6.07) is 0. The van der Waals surface area contributed by atoms with Crippen molar-refractivity contribution in [3.8, 4) is 0 Å². The summed E-state index contributed by atoms with van der Waals surface area (Å²) in [5, 5.41) is 9.98. The van der Waals surface area contributed by atoms with Gasteiger partial charge in [-0.2, -0.15) is 17.0 Å². The molecule has 3 rings (SSSR count). The van der Waals surface area contributed by atoms with Gasteiger partial charge in [0.1, 0.15) is 0 Å². The average Bonchev–Trinajstić information content (AvgIpc) is 3.26. The SMILES string of the molecule is CN(C)S(=O)(=O)N1CC2CN(C(=O)CCC3CCCC3)CC2(CO)C1. The van der Waals surface area contributed by atoms with Crippen molar-refractivity contribution < 1.29 is 18.3 Å². The Kier molecular flexibility index (Phi) is 5.44. The van der Waals surface area contributed by atoms with E-state index in [-0.39, 0.29) is 18.4 Å². The normalized spacial score (nSPS) is 31.2. The fraction of sp³-hybridized carbons (Fsp3) is 0.941. The molecule has 0 bridgehead atoms. The highest BCUT2D eigenvalue weighted by Crippen LogP contribution is 2.43. The van der Waals surface area contributed by atoms with Crippen molar-refractivity contribution in [2.24, 2.45) is 17.3 Å². The molecule has 0 radical (unpaired) electrons. The monoisotopic (exact) mass is 373 g/mol. The minimum absolute atomic E-state index is 0.0163. The third kappa shape index (κ3) is 3.59. The van der Waals surface area contributed by atoms with E-state index in [9.17, 15) is 18.3 Å². The molecule has 3 fully saturated rings. The second-order valence-electron chi connectivity index (χ2n) is 8.26. The summed E-state index contributed by atoms with van der Waals surface area (Å²) in [5.41, 5.74) is -0.508. The molecule has 144 valence electrons. The first kappa shape index (κ1) is 19.1. The maximum absolute atomic E-state index is 12.6. The molecule has 1 N–H and O–H groups in total. The molecule has 25 heavy (non-hydrogen) atoms. The van der Waals surface area contributed by atoms with Gasteiger partial charge in [-0.05, 0) is 12.3 Å². The lowest BCUT2D eigenvalue weighted by Gasteiger charge is -2.28. The van der Waals surface area contributed by atoms with E-state index in [1.807, 2.05) is 4.90 Å². The van der Waals surface area contributed by atoms with Crippen LogP contribution in [0.5, 0.6) is 0 Å². The molecule has 2 aliphatic heterocycles. The number of carbonyl (C=O) groups is 1. The Morgan fingerprint density at radius 3 is 2.44 bits per heavy atom. The van der Waals surface area contributed by atoms with E-state index in [4.69, 9.17) is 0 Å². The first-order chi connectivity index (χ1) is 11.8. The molecule has 2 atom stereocenters. The highest BCUT2D eigenvalue weighted by Gasteiger charge is 2.55. The Hall–Kier alpha value is -0.700. The number of rotatable bonds is 6. The molecule has 1 saturated carbocycles. The predicted octanol–water partition coefficient (Wildman–Crippen LogP) is 0.516. The van der Waals surface area contributed by atoms with Gasteiger partial charge >= 0.3 is 0 Å². The van der Waals surface area contributed by atoms with Crippen LogP contribution in [0.2, 0.25) is 0 Å². The van der Waals surface area contributed by atoms with Crippen molar-refractivity contribution in [3.63, 3.8) is 0 Å². The molecular formula is C17H31N3O4S. The number of likely N-dealkylation sites (tertiary alicyclic amines) is 1. The Bertz CT molecular complexity index is 603. The maximum atomic E-state index is 12.6. The van der Waals surface area contributed by atoms with Gasteiger partial charge in [0.05, 0.1) is 6.61 Å². The van der Waals surface area contributed by atoms with Crippen LogP contribution in [0.1, 0.15) is 38.5 Å². The molecule has 1 amide bonds. The summed E-state index contributed by atoms with van der Waals surface area (Å²) in [6.45, 7) is 1.62. The summed E-state index contributed by atoms with van der Waals surface area (Å²) in [4.78, 5) is 14.4. The number of carbonyl (C=O) groups excluding carboxylic acids is 1. The van der Waals surface area contributed by atoms with Crippen molar-refractivity contribution in [1.29, 1.82) is 0 Å². The third-order valence-corrected chi connectivity index (χ3v) is 8.28. The molecule has 2 saturated heterocycles. The van der Waals surface area contributed by atoms with Gasteiger partial charge in [0, 0.05) is 58.0 Å². The smallest absolute Gasteiger partial charge is 0.281 e. The third-order valence-electron chi connectivity index (χ3n) is 6.42. The van der Waals surface area contributed by atoms with Gasteiger partial charge in [-0.25, -0.2) is 0 Å². The lowest BCUT2D eigenvalue weighted by molar-refractivity contribution is -0.131. The van der Waals surface area contributed by atoms with Gasteiger partial charge in [0.15, 0.2) is 0 Å². The summed E-state index contributed by atoms with van der Waals surface area (Å²) in [5.74, 6) is 0.873. The first-order valence-corrected chi connectivity index (χ1v) is 10.7. The van der Waals surface area contributed by atoms with E-state index in [0.717, 1.165) is 6.42 Å². The Morgan fingerprint density at radius 2 is 1.88 bits per heavy atom. The van der Waals surface area contributed by atoms with Crippen molar-refractivity contribution in [2.45, 2.75) is 38.5 Å². The second-order valence-corrected chi connectivity index (χ2v) is 10.4. The molecule has 1 aliphatic carbocycles. The highest BCUT2D eigenvalue weighted by molar-refractivity contribution is 7.86.